The van der Waals surface area contributed by atoms with Crippen LogP contribution in [0.1, 0.15) is 11.1 Å². The number of halogens is 1. The normalized spacial score (nSPS) is 10.6. The summed E-state index contributed by atoms with van der Waals surface area (Å²) >= 11 is 3.24. The number of hydrogen-bond donors (Lipinski definition) is 1. The van der Waals surface area contributed by atoms with Crippen molar-refractivity contribution in [1.82, 2.24) is 15.1 Å². The zero-order valence-corrected chi connectivity index (χ0v) is 11.9. The number of nitrogens with zero attached hydrogens (tertiary/aromatic N) is 3. The topological polar surface area (TPSA) is 73.0 Å². The Morgan fingerprint density at radius 2 is 2.32 bits per heavy atom. The van der Waals surface area contributed by atoms with Crippen molar-refractivity contribution >= 4 is 21.6 Å². The number of nitrogens with one attached hydrogen (secondary N) is 1. The Labute approximate surface area is 118 Å². The highest BCUT2D eigenvalue weighted by Crippen LogP contribution is 2.24. The fraction of sp³-hybridized carbons (Fsp3) is 0.250. The molecule has 0 saturated carbocycles. The van der Waals surface area contributed by atoms with Gasteiger partial charge in [0, 0.05) is 28.8 Å². The molecule has 1 aromatic heterocycles. The van der Waals surface area contributed by atoms with Crippen LogP contribution >= 0.6 is 15.9 Å². The van der Waals surface area contributed by atoms with Crippen LogP contribution in [0.25, 0.3) is 0 Å². The van der Waals surface area contributed by atoms with Crippen LogP contribution in [0.3, 0.4) is 0 Å². The molecular formula is C12H13BrN4O2. The molecule has 2 rings (SSSR count). The highest BCUT2D eigenvalue weighted by molar-refractivity contribution is 9.10. The molecule has 1 heterocycles. The predicted molar refractivity (Wildman–Crippen MR) is 74.9 cm³/mol. The van der Waals surface area contributed by atoms with Gasteiger partial charge in [-0.15, -0.1) is 0 Å². The second-order valence-corrected chi connectivity index (χ2v) is 5.02. The van der Waals surface area contributed by atoms with Gasteiger partial charge in [0.25, 0.3) is 5.69 Å². The maximum atomic E-state index is 11.0. The first-order chi connectivity index (χ1) is 9.10. The van der Waals surface area contributed by atoms with Gasteiger partial charge in [0.15, 0.2) is 0 Å². The third-order valence-electron chi connectivity index (χ3n) is 2.64. The molecule has 0 radical (unpaired) electrons. The van der Waals surface area contributed by atoms with E-state index < -0.39 is 0 Å². The molecule has 0 saturated heterocycles. The zero-order valence-electron chi connectivity index (χ0n) is 10.3. The van der Waals surface area contributed by atoms with Crippen molar-refractivity contribution in [1.29, 1.82) is 0 Å². The number of hydrogen-bond acceptors (Lipinski definition) is 4. The van der Waals surface area contributed by atoms with Crippen molar-refractivity contribution in [3.8, 4) is 0 Å². The highest BCUT2D eigenvalue weighted by Gasteiger charge is 2.14. The van der Waals surface area contributed by atoms with Crippen molar-refractivity contribution in [2.45, 2.75) is 13.1 Å². The van der Waals surface area contributed by atoms with Gasteiger partial charge in [0.1, 0.15) is 0 Å². The third-order valence-corrected chi connectivity index (χ3v) is 3.14. The van der Waals surface area contributed by atoms with Crippen LogP contribution in [0, 0.1) is 10.1 Å². The lowest BCUT2D eigenvalue weighted by molar-refractivity contribution is -0.385. The standard InChI is InChI=1S/C12H13BrN4O2/c1-14-5-9-6-15-16(7-9)8-10-2-3-11(13)4-12(10)17(18)19/h2-4,6-7,14H,5,8H2,1H3. The van der Waals surface area contributed by atoms with E-state index in [9.17, 15) is 10.1 Å². The summed E-state index contributed by atoms with van der Waals surface area (Å²) in [7, 11) is 1.86. The van der Waals surface area contributed by atoms with Gasteiger partial charge >= 0.3 is 0 Å². The molecule has 100 valence electrons. The number of nitro groups is 1. The quantitative estimate of drug-likeness (QED) is 0.676. The molecule has 0 fully saturated rings. The maximum Gasteiger partial charge on any atom is 0.275 e. The molecular weight excluding hydrogens is 312 g/mol. The van der Waals surface area contributed by atoms with Crippen LogP contribution in [0.2, 0.25) is 0 Å². The first-order valence-electron chi connectivity index (χ1n) is 5.69. The second-order valence-electron chi connectivity index (χ2n) is 4.11. The van der Waals surface area contributed by atoms with Crippen molar-refractivity contribution in [2.75, 3.05) is 7.05 Å². The number of nitro benzene ring substituents is 1. The van der Waals surface area contributed by atoms with E-state index in [1.165, 1.54) is 6.07 Å². The molecule has 0 aliphatic rings. The molecule has 0 bridgehead atoms. The summed E-state index contributed by atoms with van der Waals surface area (Å²) in [5, 5.41) is 18.2. The van der Waals surface area contributed by atoms with Gasteiger partial charge in [-0.3, -0.25) is 14.8 Å². The van der Waals surface area contributed by atoms with Gasteiger partial charge in [-0.05, 0) is 19.2 Å². The van der Waals surface area contributed by atoms with Gasteiger partial charge in [-0.1, -0.05) is 15.9 Å². The Hall–Kier alpha value is -1.73. The van der Waals surface area contributed by atoms with E-state index in [-0.39, 0.29) is 10.6 Å². The van der Waals surface area contributed by atoms with Gasteiger partial charge in [-0.2, -0.15) is 5.10 Å². The van der Waals surface area contributed by atoms with Crippen LogP contribution in [0.15, 0.2) is 35.1 Å². The smallest absolute Gasteiger partial charge is 0.275 e. The average Bonchev–Trinajstić information content (AvgIpc) is 2.79. The Bertz CT molecular complexity index is 597. The summed E-state index contributed by atoms with van der Waals surface area (Å²) in [6.45, 7) is 1.11. The monoisotopic (exact) mass is 324 g/mol. The minimum Gasteiger partial charge on any atom is -0.316 e. The fourth-order valence-corrected chi connectivity index (χ4v) is 2.15. The lowest BCUT2D eigenvalue weighted by Gasteiger charge is -2.04. The summed E-state index contributed by atoms with van der Waals surface area (Å²) in [6.07, 6.45) is 3.63. The lowest BCUT2D eigenvalue weighted by atomic mass is 10.2. The second kappa shape index (κ2) is 5.94. The summed E-state index contributed by atoms with van der Waals surface area (Å²) < 4.78 is 2.39. The van der Waals surface area contributed by atoms with E-state index in [2.05, 4.69) is 26.3 Å². The Morgan fingerprint density at radius 1 is 1.53 bits per heavy atom. The number of benzene rings is 1. The van der Waals surface area contributed by atoms with Crippen LogP contribution < -0.4 is 5.32 Å². The van der Waals surface area contributed by atoms with Crippen LogP contribution in [0.5, 0.6) is 0 Å². The van der Waals surface area contributed by atoms with E-state index in [0.29, 0.717) is 16.6 Å². The lowest BCUT2D eigenvalue weighted by Crippen LogP contribution is -2.05. The van der Waals surface area contributed by atoms with E-state index in [4.69, 9.17) is 0 Å². The van der Waals surface area contributed by atoms with Crippen molar-refractivity contribution in [3.05, 3.63) is 56.3 Å². The summed E-state index contributed by atoms with van der Waals surface area (Å²) in [6, 6.07) is 5.04. The first kappa shape index (κ1) is 13.7. The molecule has 0 aliphatic heterocycles. The van der Waals surface area contributed by atoms with Crippen LogP contribution in [-0.4, -0.2) is 21.8 Å². The van der Waals surface area contributed by atoms with E-state index >= 15 is 0 Å². The summed E-state index contributed by atoms with van der Waals surface area (Å²) in [5.74, 6) is 0. The first-order valence-corrected chi connectivity index (χ1v) is 6.48. The van der Waals surface area contributed by atoms with Crippen molar-refractivity contribution < 1.29 is 4.92 Å². The van der Waals surface area contributed by atoms with E-state index in [1.807, 2.05) is 13.2 Å². The molecule has 0 unspecified atom stereocenters. The molecule has 19 heavy (non-hydrogen) atoms. The predicted octanol–water partition coefficient (Wildman–Crippen LogP) is 2.32. The largest absolute Gasteiger partial charge is 0.316 e. The molecule has 7 heteroatoms. The Balaban J connectivity index is 2.24. The highest BCUT2D eigenvalue weighted by atomic mass is 79.9. The maximum absolute atomic E-state index is 11.0. The third kappa shape index (κ3) is 3.39. The SMILES string of the molecule is CNCc1cnn(Cc2ccc(Br)cc2[N+](=O)[O-])c1. The van der Waals surface area contributed by atoms with Crippen molar-refractivity contribution in [2.24, 2.45) is 0 Å². The van der Waals surface area contributed by atoms with E-state index in [0.717, 1.165) is 12.1 Å². The fourth-order valence-electron chi connectivity index (χ4n) is 1.80. The molecule has 0 atom stereocenters. The molecule has 1 aromatic carbocycles. The van der Waals surface area contributed by atoms with Gasteiger partial charge in [-0.25, -0.2) is 0 Å². The average molecular weight is 325 g/mol. The molecule has 2 aromatic rings. The molecule has 0 aliphatic carbocycles. The minimum absolute atomic E-state index is 0.0973. The molecule has 0 amide bonds. The van der Waals surface area contributed by atoms with Crippen LogP contribution in [0.4, 0.5) is 5.69 Å². The Morgan fingerprint density at radius 3 is 3.00 bits per heavy atom. The van der Waals surface area contributed by atoms with Gasteiger partial charge in [0.05, 0.1) is 23.2 Å². The molecule has 6 nitrogen and oxygen atoms in total. The van der Waals surface area contributed by atoms with E-state index in [1.54, 1.807) is 23.0 Å². The van der Waals surface area contributed by atoms with Gasteiger partial charge in [0.2, 0.25) is 0 Å². The zero-order chi connectivity index (χ0) is 13.8. The van der Waals surface area contributed by atoms with Crippen LogP contribution in [-0.2, 0) is 13.1 Å². The van der Waals surface area contributed by atoms with Crippen molar-refractivity contribution in [3.63, 3.8) is 0 Å². The number of aromatic nitrogens is 2. The minimum atomic E-state index is -0.377. The van der Waals surface area contributed by atoms with Gasteiger partial charge < -0.3 is 5.32 Å². The molecule has 1 N–H and O–H groups in total. The number of rotatable bonds is 5. The summed E-state index contributed by atoms with van der Waals surface area (Å²) in [5.41, 5.74) is 1.77. The molecule has 0 spiro atoms. The summed E-state index contributed by atoms with van der Waals surface area (Å²) in [4.78, 5) is 10.6. The Kier molecular flexibility index (Phi) is 4.28.